The first-order valence-electron chi connectivity index (χ1n) is 6.16. The zero-order chi connectivity index (χ0) is 17.1. The van der Waals surface area contributed by atoms with E-state index in [1.807, 2.05) is 0 Å². The number of aliphatic hydroxyl groups excluding tert-OH is 1. The molecule has 0 saturated heterocycles. The van der Waals surface area contributed by atoms with Crippen LogP contribution in [0.25, 0.3) is 5.76 Å². The predicted molar refractivity (Wildman–Crippen MR) is 76.3 cm³/mol. The third-order valence-corrected chi connectivity index (χ3v) is 2.73. The average Bonchev–Trinajstić information content (AvgIpc) is 2.42. The van der Waals surface area contributed by atoms with Crippen LogP contribution in [-0.4, -0.2) is 16.0 Å². The number of hydrogen-bond donors (Lipinski definition) is 3. The standard InChI is InChI=1S/C15H10F4N2O2/c16-7-1-2-9(10(17)3-7)13(23)6-14(20)21-15-11(18)4-8(22)5-12(15)19/h1-6,22-23H,(H2,20,21). The number of nitrogens with two attached hydrogens (primary N) is 1. The molecule has 0 amide bonds. The second-order valence-electron chi connectivity index (χ2n) is 4.45. The van der Waals surface area contributed by atoms with Crippen molar-refractivity contribution in [2.45, 2.75) is 0 Å². The molecule has 4 N–H and O–H groups in total. The van der Waals surface area contributed by atoms with Gasteiger partial charge in [-0.15, -0.1) is 0 Å². The first-order chi connectivity index (χ1) is 10.8. The molecule has 0 unspecified atom stereocenters. The molecular weight excluding hydrogens is 316 g/mol. The highest BCUT2D eigenvalue weighted by molar-refractivity contribution is 5.98. The normalized spacial score (nSPS) is 12.5. The highest BCUT2D eigenvalue weighted by atomic mass is 19.1. The molecule has 0 aliphatic rings. The van der Waals surface area contributed by atoms with Crippen LogP contribution in [0, 0.1) is 23.3 Å². The van der Waals surface area contributed by atoms with E-state index >= 15 is 0 Å². The summed E-state index contributed by atoms with van der Waals surface area (Å²) in [5.41, 5.74) is 4.27. The van der Waals surface area contributed by atoms with Crippen molar-refractivity contribution in [1.29, 1.82) is 0 Å². The van der Waals surface area contributed by atoms with Crippen molar-refractivity contribution < 1.29 is 27.8 Å². The Balaban J connectivity index is 2.38. The minimum atomic E-state index is -1.17. The van der Waals surface area contributed by atoms with Crippen LogP contribution < -0.4 is 5.73 Å². The van der Waals surface area contributed by atoms with Gasteiger partial charge in [0, 0.05) is 24.3 Å². The molecule has 2 aromatic carbocycles. The smallest absolute Gasteiger partial charge is 0.155 e. The molecule has 0 fully saturated rings. The van der Waals surface area contributed by atoms with Crippen LogP contribution in [0.5, 0.6) is 5.75 Å². The topological polar surface area (TPSA) is 78.8 Å². The summed E-state index contributed by atoms with van der Waals surface area (Å²) in [6.45, 7) is 0. The molecule has 0 heterocycles. The predicted octanol–water partition coefficient (Wildman–Crippen LogP) is 3.54. The Morgan fingerprint density at radius 1 is 1.00 bits per heavy atom. The minimum absolute atomic E-state index is 0.365. The van der Waals surface area contributed by atoms with Gasteiger partial charge in [-0.25, -0.2) is 22.6 Å². The Morgan fingerprint density at radius 2 is 1.61 bits per heavy atom. The van der Waals surface area contributed by atoms with Gasteiger partial charge in [-0.05, 0) is 12.1 Å². The highest BCUT2D eigenvalue weighted by Gasteiger charge is 2.12. The first kappa shape index (κ1) is 16.3. The molecule has 23 heavy (non-hydrogen) atoms. The van der Waals surface area contributed by atoms with Crippen molar-refractivity contribution in [2.75, 3.05) is 0 Å². The maximum atomic E-state index is 13.5. The van der Waals surface area contributed by atoms with Crippen molar-refractivity contribution in [2.24, 2.45) is 10.7 Å². The molecule has 0 aliphatic carbocycles. The van der Waals surface area contributed by atoms with Gasteiger partial charge in [0.15, 0.2) is 11.6 Å². The average molecular weight is 326 g/mol. The number of phenols is 1. The number of aliphatic imine (C=N–C) groups is 1. The van der Waals surface area contributed by atoms with Gasteiger partial charge < -0.3 is 15.9 Å². The molecule has 0 atom stereocenters. The van der Waals surface area contributed by atoms with Crippen LogP contribution in [0.4, 0.5) is 23.2 Å². The van der Waals surface area contributed by atoms with Crippen molar-refractivity contribution in [1.82, 2.24) is 0 Å². The van der Waals surface area contributed by atoms with Gasteiger partial charge in [0.05, 0.1) is 5.56 Å². The van der Waals surface area contributed by atoms with Crippen molar-refractivity contribution in [3.05, 3.63) is 65.2 Å². The largest absolute Gasteiger partial charge is 0.508 e. The van der Waals surface area contributed by atoms with E-state index in [0.717, 1.165) is 18.2 Å². The Hall–Kier alpha value is -3.03. The van der Waals surface area contributed by atoms with E-state index < -0.39 is 46.3 Å². The van der Waals surface area contributed by atoms with E-state index in [9.17, 15) is 22.7 Å². The Bertz CT molecular complexity index is 796. The number of benzene rings is 2. The lowest BCUT2D eigenvalue weighted by Crippen LogP contribution is -2.09. The third-order valence-electron chi connectivity index (χ3n) is 2.73. The zero-order valence-corrected chi connectivity index (χ0v) is 11.4. The molecule has 0 bridgehead atoms. The second kappa shape index (κ2) is 6.39. The number of phenolic OH excluding ortho intramolecular Hbond substituents is 1. The lowest BCUT2D eigenvalue weighted by molar-refractivity contribution is 0.461. The van der Waals surface area contributed by atoms with E-state index in [4.69, 9.17) is 10.8 Å². The van der Waals surface area contributed by atoms with Crippen molar-refractivity contribution in [3.8, 4) is 5.75 Å². The first-order valence-corrected chi connectivity index (χ1v) is 6.16. The number of hydrogen-bond acceptors (Lipinski definition) is 3. The summed E-state index contributed by atoms with van der Waals surface area (Å²) in [7, 11) is 0. The maximum absolute atomic E-state index is 13.5. The van der Waals surface area contributed by atoms with Crippen LogP contribution in [-0.2, 0) is 0 Å². The quantitative estimate of drug-likeness (QED) is 0.349. The van der Waals surface area contributed by atoms with Crippen LogP contribution >= 0.6 is 0 Å². The minimum Gasteiger partial charge on any atom is -0.508 e. The zero-order valence-electron chi connectivity index (χ0n) is 11.4. The molecule has 2 rings (SSSR count). The van der Waals surface area contributed by atoms with Gasteiger partial charge in [0.1, 0.15) is 34.7 Å². The summed E-state index contributed by atoms with van der Waals surface area (Å²) in [5, 5.41) is 18.7. The fraction of sp³-hybridized carbons (Fsp3) is 0. The number of aliphatic hydroxyl groups is 1. The molecule has 120 valence electrons. The number of aromatic hydroxyl groups is 1. The Morgan fingerprint density at radius 3 is 2.17 bits per heavy atom. The third kappa shape index (κ3) is 3.79. The van der Waals surface area contributed by atoms with Gasteiger partial charge in [-0.3, -0.25) is 0 Å². The van der Waals surface area contributed by atoms with Crippen molar-refractivity contribution >= 4 is 17.3 Å². The second-order valence-corrected chi connectivity index (χ2v) is 4.45. The van der Waals surface area contributed by atoms with E-state index in [2.05, 4.69) is 4.99 Å². The summed E-state index contributed by atoms with van der Waals surface area (Å²) in [4.78, 5) is 3.41. The fourth-order valence-corrected chi connectivity index (χ4v) is 1.74. The molecular formula is C15H10F4N2O2. The van der Waals surface area contributed by atoms with Crippen molar-refractivity contribution in [3.63, 3.8) is 0 Å². The molecule has 4 nitrogen and oxygen atoms in total. The lowest BCUT2D eigenvalue weighted by Gasteiger charge is -2.04. The summed E-state index contributed by atoms with van der Waals surface area (Å²) in [6, 6.07) is 3.67. The molecule has 0 aliphatic heterocycles. The van der Waals surface area contributed by atoms with Crippen LogP contribution in [0.15, 0.2) is 41.4 Å². The Kier molecular flexibility index (Phi) is 4.54. The summed E-state index contributed by atoms with van der Waals surface area (Å²) < 4.78 is 53.3. The SMILES string of the molecule is NC(C=C(O)c1ccc(F)cc1F)=Nc1c(F)cc(O)cc1F. The Labute approximate surface area is 127 Å². The molecule has 8 heteroatoms. The molecule has 0 spiro atoms. The van der Waals surface area contributed by atoms with Gasteiger partial charge >= 0.3 is 0 Å². The summed E-state index contributed by atoms with van der Waals surface area (Å²) >= 11 is 0. The summed E-state index contributed by atoms with van der Waals surface area (Å²) in [5.74, 6) is -6.11. The van der Waals surface area contributed by atoms with E-state index in [-0.39, 0.29) is 5.56 Å². The number of nitrogens with zero attached hydrogens (tertiary/aromatic N) is 1. The van der Waals surface area contributed by atoms with Gasteiger partial charge in [-0.2, -0.15) is 0 Å². The summed E-state index contributed by atoms with van der Waals surface area (Å²) in [6.07, 6.45) is 0.752. The molecule has 0 aromatic heterocycles. The van der Waals surface area contributed by atoms with Gasteiger partial charge in [0.2, 0.25) is 0 Å². The monoisotopic (exact) mass is 326 g/mol. The fourth-order valence-electron chi connectivity index (χ4n) is 1.74. The molecule has 0 radical (unpaired) electrons. The highest BCUT2D eigenvalue weighted by Crippen LogP contribution is 2.26. The van der Waals surface area contributed by atoms with Crippen LogP contribution in [0.1, 0.15) is 5.56 Å². The number of rotatable bonds is 3. The van der Waals surface area contributed by atoms with Gasteiger partial charge in [-0.1, -0.05) is 0 Å². The number of amidine groups is 1. The molecule has 0 saturated carbocycles. The maximum Gasteiger partial charge on any atom is 0.155 e. The van der Waals surface area contributed by atoms with E-state index in [1.54, 1.807) is 0 Å². The van der Waals surface area contributed by atoms with E-state index in [1.165, 1.54) is 0 Å². The van der Waals surface area contributed by atoms with Crippen LogP contribution in [0.2, 0.25) is 0 Å². The number of halogens is 4. The van der Waals surface area contributed by atoms with Crippen LogP contribution in [0.3, 0.4) is 0 Å². The molecule has 2 aromatic rings. The van der Waals surface area contributed by atoms with E-state index in [0.29, 0.717) is 18.2 Å². The lowest BCUT2D eigenvalue weighted by atomic mass is 10.1. The van der Waals surface area contributed by atoms with Gasteiger partial charge in [0.25, 0.3) is 0 Å².